The van der Waals surface area contributed by atoms with E-state index >= 15 is 0 Å². The van der Waals surface area contributed by atoms with Crippen LogP contribution in [0.2, 0.25) is 0 Å². The summed E-state index contributed by atoms with van der Waals surface area (Å²) in [6.07, 6.45) is 0.295. The van der Waals surface area contributed by atoms with E-state index in [0.717, 1.165) is 12.8 Å². The molecule has 0 aliphatic heterocycles. The molecule has 0 radical (unpaired) electrons. The van der Waals surface area contributed by atoms with Gasteiger partial charge in [0.1, 0.15) is 6.54 Å². The molecule has 0 spiro atoms. The SMILES string of the molecule is CCCCC(=C(F)F)c1ccccc1NCC#N. The van der Waals surface area contributed by atoms with Gasteiger partial charge >= 0.3 is 0 Å². The molecule has 0 aliphatic rings. The number of unbranched alkanes of at least 4 members (excludes halogenated alkanes) is 1. The van der Waals surface area contributed by atoms with Crippen molar-refractivity contribution in [2.45, 2.75) is 26.2 Å². The molecule has 96 valence electrons. The first kappa shape index (κ1) is 14.2. The number of anilines is 1. The average molecular weight is 250 g/mol. The zero-order chi connectivity index (χ0) is 13.4. The van der Waals surface area contributed by atoms with Crippen molar-refractivity contribution in [3.05, 3.63) is 35.9 Å². The van der Waals surface area contributed by atoms with E-state index in [9.17, 15) is 8.78 Å². The standard InChI is InChI=1S/C14H16F2N2/c1-2-3-6-12(14(15)16)11-7-4-5-8-13(11)18-10-9-17/h4-5,7-8,18H,2-3,6,10H2,1H3. The molecule has 0 heterocycles. The summed E-state index contributed by atoms with van der Waals surface area (Å²) in [4.78, 5) is 0. The fourth-order valence-electron chi connectivity index (χ4n) is 1.72. The zero-order valence-electron chi connectivity index (χ0n) is 10.3. The molecular formula is C14H16F2N2. The van der Waals surface area contributed by atoms with Crippen molar-refractivity contribution in [2.75, 3.05) is 11.9 Å². The minimum atomic E-state index is -1.64. The van der Waals surface area contributed by atoms with Crippen molar-refractivity contribution >= 4 is 11.3 Å². The molecule has 1 aromatic rings. The fraction of sp³-hybridized carbons (Fsp3) is 0.357. The summed E-state index contributed by atoms with van der Waals surface area (Å²) >= 11 is 0. The Balaban J connectivity index is 3.05. The van der Waals surface area contributed by atoms with E-state index in [0.29, 0.717) is 17.7 Å². The molecule has 0 amide bonds. The van der Waals surface area contributed by atoms with Crippen LogP contribution in [0.15, 0.2) is 30.3 Å². The summed E-state index contributed by atoms with van der Waals surface area (Å²) in [5.74, 6) is 0. The largest absolute Gasteiger partial charge is 0.372 e. The van der Waals surface area contributed by atoms with Crippen molar-refractivity contribution in [2.24, 2.45) is 0 Å². The molecule has 18 heavy (non-hydrogen) atoms. The average Bonchev–Trinajstić information content (AvgIpc) is 2.37. The van der Waals surface area contributed by atoms with E-state index in [1.807, 2.05) is 13.0 Å². The summed E-state index contributed by atoms with van der Waals surface area (Å²) < 4.78 is 26.0. The fourth-order valence-corrected chi connectivity index (χ4v) is 1.72. The van der Waals surface area contributed by atoms with Crippen LogP contribution in [-0.4, -0.2) is 6.54 Å². The third-order valence-electron chi connectivity index (χ3n) is 2.62. The maximum absolute atomic E-state index is 13.0. The number of nitriles is 1. The predicted octanol–water partition coefficient (Wildman–Crippen LogP) is 4.42. The molecule has 0 unspecified atom stereocenters. The number of benzene rings is 1. The van der Waals surface area contributed by atoms with Gasteiger partial charge in [-0.05, 0) is 18.9 Å². The van der Waals surface area contributed by atoms with Gasteiger partial charge in [0.15, 0.2) is 0 Å². The van der Waals surface area contributed by atoms with E-state index in [-0.39, 0.29) is 12.1 Å². The van der Waals surface area contributed by atoms with Gasteiger partial charge < -0.3 is 5.32 Å². The van der Waals surface area contributed by atoms with Crippen molar-refractivity contribution in [1.82, 2.24) is 0 Å². The Kier molecular flexibility index (Phi) is 5.86. The van der Waals surface area contributed by atoms with Gasteiger partial charge in [-0.25, -0.2) is 0 Å². The van der Waals surface area contributed by atoms with Gasteiger partial charge in [-0.3, -0.25) is 0 Å². The minimum Gasteiger partial charge on any atom is -0.372 e. The number of nitrogens with one attached hydrogen (secondary N) is 1. The lowest BCUT2D eigenvalue weighted by molar-refractivity contribution is 0.422. The molecule has 0 aromatic heterocycles. The van der Waals surface area contributed by atoms with Gasteiger partial charge in [0.25, 0.3) is 6.08 Å². The Hall–Kier alpha value is -1.89. The molecular weight excluding hydrogens is 234 g/mol. The Morgan fingerprint density at radius 2 is 2.06 bits per heavy atom. The zero-order valence-corrected chi connectivity index (χ0v) is 10.3. The van der Waals surface area contributed by atoms with E-state index in [1.54, 1.807) is 24.3 Å². The van der Waals surface area contributed by atoms with Gasteiger partial charge in [0.05, 0.1) is 6.07 Å². The lowest BCUT2D eigenvalue weighted by atomic mass is 9.99. The van der Waals surface area contributed by atoms with Crippen LogP contribution < -0.4 is 5.32 Å². The Bertz CT molecular complexity index is 457. The van der Waals surface area contributed by atoms with Gasteiger partial charge in [0.2, 0.25) is 0 Å². The topological polar surface area (TPSA) is 35.8 Å². The van der Waals surface area contributed by atoms with Crippen LogP contribution in [0.4, 0.5) is 14.5 Å². The van der Waals surface area contributed by atoms with E-state index < -0.39 is 6.08 Å². The first-order valence-corrected chi connectivity index (χ1v) is 5.95. The molecule has 0 aliphatic carbocycles. The Morgan fingerprint density at radius 1 is 1.33 bits per heavy atom. The molecule has 1 N–H and O–H groups in total. The highest BCUT2D eigenvalue weighted by atomic mass is 19.3. The van der Waals surface area contributed by atoms with Crippen LogP contribution in [-0.2, 0) is 0 Å². The van der Waals surface area contributed by atoms with Crippen molar-refractivity contribution in [3.63, 3.8) is 0 Å². The number of para-hydroxylation sites is 1. The highest BCUT2D eigenvalue weighted by Crippen LogP contribution is 2.31. The summed E-state index contributed by atoms with van der Waals surface area (Å²) in [6, 6.07) is 8.79. The number of allylic oxidation sites excluding steroid dienone is 1. The summed E-state index contributed by atoms with van der Waals surface area (Å²) in [6.45, 7) is 2.07. The molecule has 0 fully saturated rings. The third-order valence-corrected chi connectivity index (χ3v) is 2.62. The van der Waals surface area contributed by atoms with Gasteiger partial charge in [-0.15, -0.1) is 0 Å². The van der Waals surface area contributed by atoms with E-state index in [2.05, 4.69) is 5.32 Å². The lowest BCUT2D eigenvalue weighted by Gasteiger charge is -2.12. The molecule has 0 atom stereocenters. The smallest absolute Gasteiger partial charge is 0.274 e. The molecule has 2 nitrogen and oxygen atoms in total. The van der Waals surface area contributed by atoms with Crippen LogP contribution in [0.1, 0.15) is 31.7 Å². The summed E-state index contributed by atoms with van der Waals surface area (Å²) in [5, 5.41) is 11.4. The summed E-state index contributed by atoms with van der Waals surface area (Å²) in [7, 11) is 0. The van der Waals surface area contributed by atoms with E-state index in [1.165, 1.54) is 0 Å². The second-order valence-electron chi connectivity index (χ2n) is 3.90. The second kappa shape index (κ2) is 7.44. The number of hydrogen-bond donors (Lipinski definition) is 1. The van der Waals surface area contributed by atoms with Gasteiger partial charge in [-0.2, -0.15) is 14.0 Å². The number of nitrogens with zero attached hydrogens (tertiary/aromatic N) is 1. The first-order valence-electron chi connectivity index (χ1n) is 5.95. The van der Waals surface area contributed by atoms with Crippen molar-refractivity contribution in [3.8, 4) is 6.07 Å². The quantitative estimate of drug-likeness (QED) is 0.758. The van der Waals surface area contributed by atoms with Gasteiger partial charge in [-0.1, -0.05) is 31.5 Å². The van der Waals surface area contributed by atoms with E-state index in [4.69, 9.17) is 5.26 Å². The maximum atomic E-state index is 13.0. The Labute approximate surface area is 106 Å². The molecule has 0 saturated heterocycles. The Morgan fingerprint density at radius 3 is 2.67 bits per heavy atom. The molecule has 1 rings (SSSR count). The summed E-state index contributed by atoms with van der Waals surface area (Å²) in [5.41, 5.74) is 1.14. The highest BCUT2D eigenvalue weighted by Gasteiger charge is 2.12. The molecule has 0 saturated carbocycles. The van der Waals surface area contributed by atoms with Crippen LogP contribution in [0.3, 0.4) is 0 Å². The monoisotopic (exact) mass is 250 g/mol. The lowest BCUT2D eigenvalue weighted by Crippen LogP contribution is -2.02. The second-order valence-corrected chi connectivity index (χ2v) is 3.90. The maximum Gasteiger partial charge on any atom is 0.274 e. The number of halogens is 2. The van der Waals surface area contributed by atoms with Crippen LogP contribution >= 0.6 is 0 Å². The van der Waals surface area contributed by atoms with Crippen LogP contribution in [0.5, 0.6) is 0 Å². The predicted molar refractivity (Wildman–Crippen MR) is 69.2 cm³/mol. The molecule has 0 bridgehead atoms. The van der Waals surface area contributed by atoms with Crippen LogP contribution in [0, 0.1) is 11.3 Å². The van der Waals surface area contributed by atoms with Crippen molar-refractivity contribution in [1.29, 1.82) is 5.26 Å². The normalized spacial score (nSPS) is 9.67. The molecule has 4 heteroatoms. The number of rotatable bonds is 6. The van der Waals surface area contributed by atoms with Crippen LogP contribution in [0.25, 0.3) is 5.57 Å². The minimum absolute atomic E-state index is 0.0675. The molecule has 1 aromatic carbocycles. The number of hydrogen-bond acceptors (Lipinski definition) is 2. The first-order chi connectivity index (χ1) is 8.70. The third kappa shape index (κ3) is 3.85. The van der Waals surface area contributed by atoms with Crippen molar-refractivity contribution < 1.29 is 8.78 Å². The highest BCUT2D eigenvalue weighted by molar-refractivity contribution is 5.76. The van der Waals surface area contributed by atoms with Gasteiger partial charge in [0, 0.05) is 16.8 Å².